The molecule has 1 aliphatic heterocycles. The van der Waals surface area contributed by atoms with E-state index < -0.39 is 5.97 Å². The Bertz CT molecular complexity index is 293. The van der Waals surface area contributed by atoms with Crippen LogP contribution in [-0.2, 0) is 14.4 Å². The summed E-state index contributed by atoms with van der Waals surface area (Å²) < 4.78 is 0. The Kier molecular flexibility index (Phi) is 13.5. The predicted octanol–water partition coefficient (Wildman–Crippen LogP) is -1.19. The molecule has 0 unspecified atom stereocenters. The van der Waals surface area contributed by atoms with Crippen LogP contribution in [0.1, 0.15) is 70.6 Å². The van der Waals surface area contributed by atoms with Gasteiger partial charge in [-0.25, -0.2) is 0 Å². The Morgan fingerprint density at radius 2 is 1.38 bits per heavy atom. The van der Waals surface area contributed by atoms with Crippen LogP contribution >= 0.6 is 0 Å². The molecule has 1 fully saturated rings. The zero-order valence-corrected chi connectivity index (χ0v) is 15.3. The molecule has 21 heavy (non-hydrogen) atoms. The van der Waals surface area contributed by atoms with Gasteiger partial charge in [-0.15, -0.1) is 5.06 Å². The molecule has 0 aromatic carbocycles. The van der Waals surface area contributed by atoms with Gasteiger partial charge >= 0.3 is 35.5 Å². The largest absolute Gasteiger partial charge is 1.00 e. The summed E-state index contributed by atoms with van der Waals surface area (Å²) in [7, 11) is 0. The van der Waals surface area contributed by atoms with E-state index >= 15 is 0 Å². The molecular formula is C15H26NNaO4. The summed E-state index contributed by atoms with van der Waals surface area (Å²) in [5, 5.41) is 12.0. The smallest absolute Gasteiger partial charge is 0.550 e. The fourth-order valence-electron chi connectivity index (χ4n) is 2.39. The van der Waals surface area contributed by atoms with E-state index in [1.807, 2.05) is 0 Å². The van der Waals surface area contributed by atoms with E-state index in [0.717, 1.165) is 58.0 Å². The predicted molar refractivity (Wildman–Crippen MR) is 73.5 cm³/mol. The Morgan fingerprint density at radius 3 is 1.95 bits per heavy atom. The van der Waals surface area contributed by atoms with Crippen molar-refractivity contribution in [2.75, 3.05) is 13.1 Å². The minimum absolute atomic E-state index is 0. The number of hydrogen-bond acceptors (Lipinski definition) is 5. The standard InChI is InChI=1S/C15H27NO4.Na/c17-14(18)10-6-3-1-2-4-7-11-15(19)20-16-12-8-5-9-13-16;/h1-13H2,(H,17,18);/q;+1/p-1. The first-order valence-electron chi connectivity index (χ1n) is 7.84. The minimum Gasteiger partial charge on any atom is -0.550 e. The van der Waals surface area contributed by atoms with Crippen molar-refractivity contribution >= 4 is 11.9 Å². The van der Waals surface area contributed by atoms with Crippen LogP contribution in [0.4, 0.5) is 0 Å². The third-order valence-corrected chi connectivity index (χ3v) is 3.56. The summed E-state index contributed by atoms with van der Waals surface area (Å²) in [6, 6.07) is 0. The number of carbonyl (C=O) groups excluding carboxylic acids is 2. The summed E-state index contributed by atoms with van der Waals surface area (Å²) in [4.78, 5) is 27.1. The average molecular weight is 307 g/mol. The normalized spacial score (nSPS) is 15.2. The van der Waals surface area contributed by atoms with Gasteiger partial charge in [0.2, 0.25) is 0 Å². The van der Waals surface area contributed by atoms with Crippen molar-refractivity contribution in [3.63, 3.8) is 0 Å². The molecular weight excluding hydrogens is 281 g/mol. The van der Waals surface area contributed by atoms with Crippen molar-refractivity contribution in [1.29, 1.82) is 0 Å². The van der Waals surface area contributed by atoms with Gasteiger partial charge in [0.25, 0.3) is 0 Å². The van der Waals surface area contributed by atoms with Crippen molar-refractivity contribution in [1.82, 2.24) is 5.06 Å². The number of unbranched alkanes of at least 4 members (excludes halogenated alkanes) is 5. The van der Waals surface area contributed by atoms with Crippen LogP contribution in [0.25, 0.3) is 0 Å². The molecule has 0 radical (unpaired) electrons. The van der Waals surface area contributed by atoms with E-state index in [9.17, 15) is 14.7 Å². The SMILES string of the molecule is O=C([O-])CCCCCCCCC(=O)ON1CCCCC1.[Na+]. The van der Waals surface area contributed by atoms with Gasteiger partial charge in [0.05, 0.1) is 0 Å². The molecule has 0 atom stereocenters. The first-order chi connectivity index (χ1) is 9.68. The molecule has 0 aliphatic carbocycles. The summed E-state index contributed by atoms with van der Waals surface area (Å²) in [5.74, 6) is -1.09. The van der Waals surface area contributed by atoms with Gasteiger partial charge in [0.1, 0.15) is 0 Å². The van der Waals surface area contributed by atoms with Crippen molar-refractivity contribution in [3.8, 4) is 0 Å². The zero-order valence-electron chi connectivity index (χ0n) is 13.3. The number of piperidine rings is 1. The average Bonchev–Trinajstić information content (AvgIpc) is 2.42. The third-order valence-electron chi connectivity index (χ3n) is 3.56. The van der Waals surface area contributed by atoms with Crippen molar-refractivity contribution in [2.45, 2.75) is 70.6 Å². The molecule has 0 amide bonds. The second-order valence-electron chi connectivity index (χ2n) is 5.45. The number of carboxylic acid groups (broad SMARTS) is 1. The van der Waals surface area contributed by atoms with Gasteiger partial charge in [-0.1, -0.05) is 32.1 Å². The second-order valence-corrected chi connectivity index (χ2v) is 5.45. The fourth-order valence-corrected chi connectivity index (χ4v) is 2.39. The quantitative estimate of drug-likeness (QED) is 0.375. The molecule has 1 rings (SSSR count). The van der Waals surface area contributed by atoms with Crippen LogP contribution in [0.2, 0.25) is 0 Å². The van der Waals surface area contributed by atoms with Crippen LogP contribution in [0.3, 0.4) is 0 Å². The van der Waals surface area contributed by atoms with Crippen molar-refractivity contribution in [3.05, 3.63) is 0 Å². The third kappa shape index (κ3) is 12.2. The van der Waals surface area contributed by atoms with Gasteiger partial charge < -0.3 is 14.7 Å². The van der Waals surface area contributed by atoms with E-state index in [2.05, 4.69) is 0 Å². The maximum Gasteiger partial charge on any atom is 1.00 e. The molecule has 0 saturated carbocycles. The van der Waals surface area contributed by atoms with Crippen LogP contribution in [0.5, 0.6) is 0 Å². The molecule has 0 spiro atoms. The summed E-state index contributed by atoms with van der Waals surface area (Å²) in [6.45, 7) is 1.73. The number of hydrogen-bond donors (Lipinski definition) is 0. The Balaban J connectivity index is 0.00000400. The number of carboxylic acids is 1. The molecule has 6 heteroatoms. The van der Waals surface area contributed by atoms with Crippen LogP contribution in [0, 0.1) is 0 Å². The van der Waals surface area contributed by atoms with Crippen molar-refractivity contribution < 1.29 is 49.1 Å². The fraction of sp³-hybridized carbons (Fsp3) is 0.867. The zero-order chi connectivity index (χ0) is 14.6. The number of aliphatic carboxylic acids is 1. The van der Waals surface area contributed by atoms with E-state index in [1.165, 1.54) is 6.42 Å². The number of hydroxylamine groups is 2. The summed E-state index contributed by atoms with van der Waals surface area (Å²) in [5.41, 5.74) is 0. The Labute approximate surface area is 149 Å². The van der Waals surface area contributed by atoms with Gasteiger partial charge in [-0.2, -0.15) is 0 Å². The molecule has 5 nitrogen and oxygen atoms in total. The maximum atomic E-state index is 11.6. The Hall–Kier alpha value is -0.100. The topological polar surface area (TPSA) is 69.7 Å². The van der Waals surface area contributed by atoms with E-state index in [4.69, 9.17) is 4.84 Å². The molecule has 0 N–H and O–H groups in total. The molecule has 1 heterocycles. The monoisotopic (exact) mass is 307 g/mol. The second kappa shape index (κ2) is 13.6. The molecule has 0 bridgehead atoms. The number of rotatable bonds is 10. The number of carbonyl (C=O) groups is 2. The first kappa shape index (κ1) is 20.9. The molecule has 116 valence electrons. The molecule has 1 saturated heterocycles. The van der Waals surface area contributed by atoms with Gasteiger partial charge in [0, 0.05) is 25.5 Å². The molecule has 0 aromatic heterocycles. The number of nitrogens with zero attached hydrogens (tertiary/aromatic N) is 1. The van der Waals surface area contributed by atoms with Crippen LogP contribution in [-0.4, -0.2) is 30.1 Å². The van der Waals surface area contributed by atoms with Gasteiger partial charge in [-0.3, -0.25) is 4.79 Å². The maximum absolute atomic E-state index is 11.6. The summed E-state index contributed by atoms with van der Waals surface area (Å²) in [6.07, 6.45) is 9.62. The molecule has 1 aliphatic rings. The molecule has 0 aromatic rings. The Morgan fingerprint density at radius 1 is 0.857 bits per heavy atom. The van der Waals surface area contributed by atoms with E-state index in [0.29, 0.717) is 12.8 Å². The first-order valence-corrected chi connectivity index (χ1v) is 7.84. The van der Waals surface area contributed by atoms with Crippen molar-refractivity contribution in [2.24, 2.45) is 0 Å². The van der Waals surface area contributed by atoms with Gasteiger partial charge in [0.15, 0.2) is 0 Å². The van der Waals surface area contributed by atoms with E-state index in [1.54, 1.807) is 5.06 Å². The van der Waals surface area contributed by atoms with Crippen LogP contribution < -0.4 is 34.7 Å². The summed E-state index contributed by atoms with van der Waals surface area (Å²) >= 11 is 0. The van der Waals surface area contributed by atoms with Gasteiger partial charge in [-0.05, 0) is 32.1 Å². The van der Waals surface area contributed by atoms with E-state index in [-0.39, 0.29) is 41.9 Å². The van der Waals surface area contributed by atoms with Crippen LogP contribution in [0.15, 0.2) is 0 Å². The minimum atomic E-state index is -0.967.